The van der Waals surface area contributed by atoms with Gasteiger partial charge in [0.25, 0.3) is 0 Å². The molecule has 7 heteroatoms. The van der Waals surface area contributed by atoms with Crippen molar-refractivity contribution in [2.24, 2.45) is 0 Å². The van der Waals surface area contributed by atoms with Crippen molar-refractivity contribution >= 4 is 29.5 Å². The summed E-state index contributed by atoms with van der Waals surface area (Å²) >= 11 is 11.4. The van der Waals surface area contributed by atoms with Crippen molar-refractivity contribution in [2.45, 2.75) is 6.54 Å². The van der Waals surface area contributed by atoms with Crippen molar-refractivity contribution in [2.75, 3.05) is 12.4 Å². The van der Waals surface area contributed by atoms with Gasteiger partial charge in [0.15, 0.2) is 10.6 Å². The highest BCUT2D eigenvalue weighted by Crippen LogP contribution is 2.18. The average molecular weight is 347 g/mol. The number of hydrogen-bond donors (Lipinski definition) is 2. The van der Waals surface area contributed by atoms with E-state index in [9.17, 15) is 0 Å². The summed E-state index contributed by atoms with van der Waals surface area (Å²) in [4.78, 5) is 0. The Bertz CT molecular complexity index is 857. The van der Waals surface area contributed by atoms with Crippen LogP contribution in [0, 0.1) is 4.77 Å². The summed E-state index contributed by atoms with van der Waals surface area (Å²) in [6.07, 6.45) is 0. The number of nitrogens with one attached hydrogen (secondary N) is 2. The zero-order chi connectivity index (χ0) is 16.2. The first kappa shape index (κ1) is 15.6. The Morgan fingerprint density at radius 1 is 1.26 bits per heavy atom. The molecule has 0 aliphatic rings. The maximum absolute atomic E-state index is 6.06. The third-order valence-corrected chi connectivity index (χ3v) is 3.86. The van der Waals surface area contributed by atoms with Gasteiger partial charge in [0.1, 0.15) is 5.75 Å². The van der Waals surface area contributed by atoms with Crippen molar-refractivity contribution < 1.29 is 4.74 Å². The summed E-state index contributed by atoms with van der Waals surface area (Å²) in [7, 11) is 1.64. The number of halogens is 1. The van der Waals surface area contributed by atoms with Crippen LogP contribution in [-0.4, -0.2) is 21.9 Å². The summed E-state index contributed by atoms with van der Waals surface area (Å²) in [5.41, 5.74) is 1.85. The second kappa shape index (κ2) is 6.85. The molecule has 0 amide bonds. The van der Waals surface area contributed by atoms with E-state index in [1.165, 1.54) is 0 Å². The lowest BCUT2D eigenvalue weighted by atomic mass is 10.3. The summed E-state index contributed by atoms with van der Waals surface area (Å²) in [6.45, 7) is 0.520. The normalized spacial score (nSPS) is 10.5. The van der Waals surface area contributed by atoms with E-state index in [1.807, 2.05) is 53.1 Å². The fourth-order valence-electron chi connectivity index (χ4n) is 2.22. The average Bonchev–Trinajstić information content (AvgIpc) is 2.94. The van der Waals surface area contributed by atoms with Crippen molar-refractivity contribution in [1.82, 2.24) is 14.8 Å². The lowest BCUT2D eigenvalue weighted by Gasteiger charge is -2.09. The third kappa shape index (κ3) is 3.55. The SMILES string of the molecule is COc1ccc(NCc2n[nH]c(=S)n2-c2cccc(Cl)c2)cc1. The van der Waals surface area contributed by atoms with E-state index >= 15 is 0 Å². The molecule has 2 N–H and O–H groups in total. The number of ether oxygens (including phenoxy) is 1. The van der Waals surface area contributed by atoms with Gasteiger partial charge in [0.2, 0.25) is 0 Å². The molecule has 0 atom stereocenters. The zero-order valence-corrected chi connectivity index (χ0v) is 14.0. The Morgan fingerprint density at radius 2 is 2.04 bits per heavy atom. The van der Waals surface area contributed by atoms with Crippen molar-refractivity contribution in [1.29, 1.82) is 0 Å². The third-order valence-electron chi connectivity index (χ3n) is 3.35. The molecule has 3 aromatic rings. The van der Waals surface area contributed by atoms with E-state index < -0.39 is 0 Å². The fraction of sp³-hybridized carbons (Fsp3) is 0.125. The van der Waals surface area contributed by atoms with E-state index in [2.05, 4.69) is 15.5 Å². The van der Waals surface area contributed by atoms with Crippen LogP contribution in [0.2, 0.25) is 5.02 Å². The number of aromatic amines is 1. The van der Waals surface area contributed by atoms with Gasteiger partial charge in [-0.25, -0.2) is 0 Å². The summed E-state index contributed by atoms with van der Waals surface area (Å²) in [5.74, 6) is 1.59. The van der Waals surface area contributed by atoms with Crippen LogP contribution < -0.4 is 10.1 Å². The largest absolute Gasteiger partial charge is 0.497 e. The Kier molecular flexibility index (Phi) is 4.64. The number of nitrogens with zero attached hydrogens (tertiary/aromatic N) is 2. The molecule has 23 heavy (non-hydrogen) atoms. The molecule has 0 aliphatic carbocycles. The maximum Gasteiger partial charge on any atom is 0.199 e. The molecule has 5 nitrogen and oxygen atoms in total. The molecule has 0 saturated carbocycles. The van der Waals surface area contributed by atoms with E-state index in [-0.39, 0.29) is 0 Å². The molecule has 118 valence electrons. The first-order valence-electron chi connectivity index (χ1n) is 6.97. The van der Waals surface area contributed by atoms with Gasteiger partial charge >= 0.3 is 0 Å². The minimum absolute atomic E-state index is 0.520. The van der Waals surface area contributed by atoms with E-state index in [0.29, 0.717) is 16.3 Å². The predicted octanol–water partition coefficient (Wildman–Crippen LogP) is 4.20. The Labute approximate surface area is 143 Å². The molecule has 0 unspecified atom stereocenters. The standard InChI is InChI=1S/C16H15ClN4OS/c1-22-14-7-5-12(6-8-14)18-10-15-19-20-16(23)21(15)13-4-2-3-11(17)9-13/h2-9,18H,10H2,1H3,(H,20,23). The van der Waals surface area contributed by atoms with Crippen molar-refractivity contribution in [3.05, 3.63) is 64.1 Å². The van der Waals surface area contributed by atoms with Crippen molar-refractivity contribution in [3.63, 3.8) is 0 Å². The first-order chi connectivity index (χ1) is 11.2. The Morgan fingerprint density at radius 3 is 2.74 bits per heavy atom. The fourth-order valence-corrected chi connectivity index (χ4v) is 2.66. The predicted molar refractivity (Wildman–Crippen MR) is 94.1 cm³/mol. The summed E-state index contributed by atoms with van der Waals surface area (Å²) in [6, 6.07) is 15.2. The van der Waals surface area contributed by atoms with Crippen LogP contribution >= 0.6 is 23.8 Å². The molecule has 0 bridgehead atoms. The zero-order valence-electron chi connectivity index (χ0n) is 12.4. The highest BCUT2D eigenvalue weighted by Gasteiger charge is 2.08. The molecule has 0 saturated heterocycles. The van der Waals surface area contributed by atoms with Gasteiger partial charge in [-0.2, -0.15) is 5.10 Å². The van der Waals surface area contributed by atoms with Gasteiger partial charge in [-0.15, -0.1) is 0 Å². The minimum Gasteiger partial charge on any atom is -0.497 e. The molecular weight excluding hydrogens is 332 g/mol. The topological polar surface area (TPSA) is 54.9 Å². The minimum atomic E-state index is 0.520. The molecule has 0 spiro atoms. The van der Waals surface area contributed by atoms with Crippen LogP contribution in [0.3, 0.4) is 0 Å². The number of benzene rings is 2. The number of hydrogen-bond acceptors (Lipinski definition) is 4. The molecule has 2 aromatic carbocycles. The van der Waals surface area contributed by atoms with Crippen LogP contribution in [0.5, 0.6) is 5.75 Å². The molecule has 0 aliphatic heterocycles. The van der Waals surface area contributed by atoms with Gasteiger partial charge in [0.05, 0.1) is 19.3 Å². The van der Waals surface area contributed by atoms with Gasteiger partial charge < -0.3 is 10.1 Å². The molecular formula is C16H15ClN4OS. The van der Waals surface area contributed by atoms with Gasteiger partial charge in [-0.3, -0.25) is 9.67 Å². The second-order valence-corrected chi connectivity index (χ2v) is 5.67. The van der Waals surface area contributed by atoms with E-state index in [0.717, 1.165) is 22.9 Å². The number of aromatic nitrogens is 3. The first-order valence-corrected chi connectivity index (χ1v) is 7.76. The second-order valence-electron chi connectivity index (χ2n) is 4.84. The highest BCUT2D eigenvalue weighted by molar-refractivity contribution is 7.71. The van der Waals surface area contributed by atoms with E-state index in [4.69, 9.17) is 28.6 Å². The Balaban J connectivity index is 1.82. The number of rotatable bonds is 5. The molecule has 1 aromatic heterocycles. The van der Waals surface area contributed by atoms with Crippen molar-refractivity contribution in [3.8, 4) is 11.4 Å². The van der Waals surface area contributed by atoms with Crippen LogP contribution in [-0.2, 0) is 6.54 Å². The molecule has 0 fully saturated rings. The van der Waals surface area contributed by atoms with Crippen LogP contribution in [0.25, 0.3) is 5.69 Å². The quantitative estimate of drug-likeness (QED) is 0.680. The summed E-state index contributed by atoms with van der Waals surface area (Å²) in [5, 5.41) is 11.1. The van der Waals surface area contributed by atoms with E-state index in [1.54, 1.807) is 7.11 Å². The van der Waals surface area contributed by atoms with Gasteiger partial charge in [-0.05, 0) is 54.7 Å². The molecule has 3 rings (SSSR count). The van der Waals surface area contributed by atoms with Crippen LogP contribution in [0.4, 0.5) is 5.69 Å². The Hall–Kier alpha value is -2.31. The molecule has 1 heterocycles. The van der Waals surface area contributed by atoms with Gasteiger partial charge in [0, 0.05) is 10.7 Å². The number of methoxy groups -OCH3 is 1. The maximum atomic E-state index is 6.06. The summed E-state index contributed by atoms with van der Waals surface area (Å²) < 4.78 is 7.53. The molecule has 0 radical (unpaired) electrons. The monoisotopic (exact) mass is 346 g/mol. The number of H-pyrrole nitrogens is 1. The number of anilines is 1. The lowest BCUT2D eigenvalue weighted by molar-refractivity contribution is 0.415. The van der Waals surface area contributed by atoms with Gasteiger partial charge in [-0.1, -0.05) is 17.7 Å². The van der Waals surface area contributed by atoms with Crippen LogP contribution in [0.15, 0.2) is 48.5 Å². The van der Waals surface area contributed by atoms with Crippen LogP contribution in [0.1, 0.15) is 5.82 Å². The highest BCUT2D eigenvalue weighted by atomic mass is 35.5. The lowest BCUT2D eigenvalue weighted by Crippen LogP contribution is -2.07. The smallest absolute Gasteiger partial charge is 0.199 e.